The third-order valence-corrected chi connectivity index (χ3v) is 5.36. The highest BCUT2D eigenvalue weighted by Gasteiger charge is 2.23. The lowest BCUT2D eigenvalue weighted by molar-refractivity contribution is 0.366. The SMILES string of the molecule is CN=C(NCC(C)c1c(C)noc1C)N1CCN(c2ccccc2OC)CC1. The maximum absolute atomic E-state index is 5.51. The Morgan fingerprint density at radius 1 is 1.25 bits per heavy atom. The van der Waals surface area contributed by atoms with Crippen LogP contribution < -0.4 is 15.0 Å². The molecule has 0 aliphatic carbocycles. The fourth-order valence-electron chi connectivity index (χ4n) is 3.92. The van der Waals surface area contributed by atoms with E-state index < -0.39 is 0 Å². The van der Waals surface area contributed by atoms with E-state index in [0.29, 0.717) is 5.92 Å². The standard InChI is InChI=1S/C21H31N5O2/c1-15(20-16(2)24-28-17(20)3)14-23-21(22-4)26-12-10-25(11-13-26)18-8-6-7-9-19(18)27-5/h6-9,15H,10-14H2,1-5H3,(H,22,23). The van der Waals surface area contributed by atoms with Crippen LogP contribution in [-0.2, 0) is 0 Å². The summed E-state index contributed by atoms with van der Waals surface area (Å²) in [5, 5.41) is 7.59. The van der Waals surface area contributed by atoms with Gasteiger partial charge in [-0.15, -0.1) is 0 Å². The number of guanidine groups is 1. The van der Waals surface area contributed by atoms with E-state index in [2.05, 4.69) is 44.3 Å². The molecule has 0 amide bonds. The van der Waals surface area contributed by atoms with Crippen LogP contribution in [0.25, 0.3) is 0 Å². The highest BCUT2D eigenvalue weighted by atomic mass is 16.5. The monoisotopic (exact) mass is 385 g/mol. The predicted molar refractivity (Wildman–Crippen MR) is 113 cm³/mol. The van der Waals surface area contributed by atoms with E-state index in [-0.39, 0.29) is 0 Å². The van der Waals surface area contributed by atoms with Crippen molar-refractivity contribution in [3.8, 4) is 5.75 Å². The van der Waals surface area contributed by atoms with Gasteiger partial charge in [0.2, 0.25) is 0 Å². The minimum Gasteiger partial charge on any atom is -0.495 e. The Morgan fingerprint density at radius 3 is 2.57 bits per heavy atom. The smallest absolute Gasteiger partial charge is 0.193 e. The molecule has 1 aromatic heterocycles. The Morgan fingerprint density at radius 2 is 1.96 bits per heavy atom. The number of para-hydroxylation sites is 2. The van der Waals surface area contributed by atoms with Crippen LogP contribution in [0, 0.1) is 13.8 Å². The van der Waals surface area contributed by atoms with Crippen molar-refractivity contribution in [2.45, 2.75) is 26.7 Å². The molecular weight excluding hydrogens is 354 g/mol. The first kappa shape index (κ1) is 20.0. The van der Waals surface area contributed by atoms with Gasteiger partial charge in [0.15, 0.2) is 5.96 Å². The van der Waals surface area contributed by atoms with Crippen molar-refractivity contribution >= 4 is 11.6 Å². The van der Waals surface area contributed by atoms with Gasteiger partial charge >= 0.3 is 0 Å². The van der Waals surface area contributed by atoms with E-state index in [1.54, 1.807) is 7.11 Å². The number of benzene rings is 1. The van der Waals surface area contributed by atoms with E-state index in [1.807, 2.05) is 33.0 Å². The van der Waals surface area contributed by atoms with Gasteiger partial charge in [0.1, 0.15) is 11.5 Å². The molecule has 0 saturated carbocycles. The molecule has 28 heavy (non-hydrogen) atoms. The molecule has 0 radical (unpaired) electrons. The number of aryl methyl sites for hydroxylation is 2. The van der Waals surface area contributed by atoms with Crippen molar-refractivity contribution in [1.82, 2.24) is 15.4 Å². The molecule has 0 bridgehead atoms. The van der Waals surface area contributed by atoms with E-state index >= 15 is 0 Å². The number of methoxy groups -OCH3 is 1. The van der Waals surface area contributed by atoms with Crippen LogP contribution in [0.3, 0.4) is 0 Å². The van der Waals surface area contributed by atoms with Gasteiger partial charge in [0.25, 0.3) is 0 Å². The second-order valence-corrected chi connectivity index (χ2v) is 7.21. The van der Waals surface area contributed by atoms with Crippen LogP contribution in [0.1, 0.15) is 29.9 Å². The summed E-state index contributed by atoms with van der Waals surface area (Å²) >= 11 is 0. The van der Waals surface area contributed by atoms with E-state index in [4.69, 9.17) is 9.26 Å². The summed E-state index contributed by atoms with van der Waals surface area (Å²) in [4.78, 5) is 9.17. The van der Waals surface area contributed by atoms with Crippen molar-refractivity contribution in [2.24, 2.45) is 4.99 Å². The quantitative estimate of drug-likeness (QED) is 0.631. The Bertz CT molecular complexity index is 789. The molecule has 2 heterocycles. The van der Waals surface area contributed by atoms with Gasteiger partial charge in [0.05, 0.1) is 18.5 Å². The number of nitrogens with one attached hydrogen (secondary N) is 1. The number of anilines is 1. The first-order valence-electron chi connectivity index (χ1n) is 9.81. The number of rotatable bonds is 5. The Labute approximate surface area is 167 Å². The number of aromatic nitrogens is 1. The molecule has 0 spiro atoms. The molecule has 1 N–H and O–H groups in total. The third kappa shape index (κ3) is 4.24. The molecule has 1 aromatic carbocycles. The molecular formula is C21H31N5O2. The molecule has 7 heteroatoms. The highest BCUT2D eigenvalue weighted by molar-refractivity contribution is 5.80. The van der Waals surface area contributed by atoms with Gasteiger partial charge in [0, 0.05) is 51.3 Å². The topological polar surface area (TPSA) is 66.1 Å². The molecule has 1 aliphatic rings. The van der Waals surface area contributed by atoms with Crippen LogP contribution in [-0.4, -0.2) is 62.9 Å². The minimum absolute atomic E-state index is 0.304. The lowest BCUT2D eigenvalue weighted by Gasteiger charge is -2.38. The van der Waals surface area contributed by atoms with E-state index in [1.165, 1.54) is 5.56 Å². The summed E-state index contributed by atoms with van der Waals surface area (Å²) in [6.07, 6.45) is 0. The predicted octanol–water partition coefficient (Wildman–Crippen LogP) is 2.80. The largest absolute Gasteiger partial charge is 0.495 e. The van der Waals surface area contributed by atoms with Gasteiger partial charge in [-0.05, 0) is 26.0 Å². The summed E-state index contributed by atoms with van der Waals surface area (Å²) < 4.78 is 10.8. The summed E-state index contributed by atoms with van der Waals surface area (Å²) in [5.74, 6) is 3.06. The summed E-state index contributed by atoms with van der Waals surface area (Å²) in [6, 6.07) is 8.19. The van der Waals surface area contributed by atoms with Gasteiger partial charge in [-0.1, -0.05) is 24.2 Å². The molecule has 3 rings (SSSR count). The molecule has 1 saturated heterocycles. The normalized spacial score (nSPS) is 16.2. The number of piperazine rings is 1. The molecule has 1 atom stereocenters. The zero-order valence-electron chi connectivity index (χ0n) is 17.5. The molecule has 2 aromatic rings. The van der Waals surface area contributed by atoms with Gasteiger partial charge in [-0.3, -0.25) is 4.99 Å². The summed E-state index contributed by atoms with van der Waals surface area (Å²) in [5.41, 5.74) is 3.30. The second kappa shape index (κ2) is 8.99. The molecule has 1 aliphatic heterocycles. The average Bonchev–Trinajstić information content (AvgIpc) is 3.07. The van der Waals surface area contributed by atoms with Crippen molar-refractivity contribution in [3.05, 3.63) is 41.3 Å². The Balaban J connectivity index is 1.57. The first-order valence-corrected chi connectivity index (χ1v) is 9.81. The molecule has 1 unspecified atom stereocenters. The minimum atomic E-state index is 0.304. The Hall–Kier alpha value is -2.70. The van der Waals surface area contributed by atoms with Crippen LogP contribution in [0.2, 0.25) is 0 Å². The van der Waals surface area contributed by atoms with Crippen LogP contribution in [0.4, 0.5) is 5.69 Å². The van der Waals surface area contributed by atoms with Gasteiger partial charge in [-0.25, -0.2) is 0 Å². The highest BCUT2D eigenvalue weighted by Crippen LogP contribution is 2.28. The lowest BCUT2D eigenvalue weighted by Crippen LogP contribution is -2.53. The Kier molecular flexibility index (Phi) is 6.44. The fraction of sp³-hybridized carbons (Fsp3) is 0.524. The van der Waals surface area contributed by atoms with Crippen LogP contribution in [0.15, 0.2) is 33.8 Å². The average molecular weight is 386 g/mol. The number of aliphatic imine (C=N–C) groups is 1. The second-order valence-electron chi connectivity index (χ2n) is 7.21. The molecule has 152 valence electrons. The number of hydrogen-bond donors (Lipinski definition) is 1. The van der Waals surface area contributed by atoms with Crippen molar-refractivity contribution < 1.29 is 9.26 Å². The van der Waals surface area contributed by atoms with Gasteiger partial charge < -0.3 is 24.4 Å². The third-order valence-electron chi connectivity index (χ3n) is 5.36. The maximum atomic E-state index is 5.51. The van der Waals surface area contributed by atoms with E-state index in [0.717, 1.165) is 61.6 Å². The number of ether oxygens (including phenoxy) is 1. The van der Waals surface area contributed by atoms with Crippen LogP contribution >= 0.6 is 0 Å². The van der Waals surface area contributed by atoms with Gasteiger partial charge in [-0.2, -0.15) is 0 Å². The fourth-order valence-corrected chi connectivity index (χ4v) is 3.92. The van der Waals surface area contributed by atoms with Crippen LogP contribution in [0.5, 0.6) is 5.75 Å². The number of nitrogens with zero attached hydrogens (tertiary/aromatic N) is 4. The van der Waals surface area contributed by atoms with E-state index in [9.17, 15) is 0 Å². The number of hydrogen-bond acceptors (Lipinski definition) is 5. The lowest BCUT2D eigenvalue weighted by atomic mass is 10.00. The summed E-state index contributed by atoms with van der Waals surface area (Å²) in [7, 11) is 3.57. The van der Waals surface area contributed by atoms with Crippen molar-refractivity contribution in [2.75, 3.05) is 51.8 Å². The van der Waals surface area contributed by atoms with Crippen molar-refractivity contribution in [3.63, 3.8) is 0 Å². The molecule has 7 nitrogen and oxygen atoms in total. The zero-order valence-corrected chi connectivity index (χ0v) is 17.5. The zero-order chi connectivity index (χ0) is 20.1. The molecule has 1 fully saturated rings. The maximum Gasteiger partial charge on any atom is 0.193 e. The summed E-state index contributed by atoms with van der Waals surface area (Å²) in [6.45, 7) is 10.6. The van der Waals surface area contributed by atoms with Crippen molar-refractivity contribution in [1.29, 1.82) is 0 Å². The first-order chi connectivity index (χ1) is 13.5.